The second kappa shape index (κ2) is 8.48. The Morgan fingerprint density at radius 3 is 2.13 bits per heavy atom. The molecule has 0 saturated heterocycles. The molecule has 148 valence electrons. The smallest absolute Gasteiger partial charge is 0.311 e. The van der Waals surface area contributed by atoms with Crippen molar-refractivity contribution in [3.05, 3.63) is 102 Å². The average molecular weight is 398 g/mol. The summed E-state index contributed by atoms with van der Waals surface area (Å²) in [6, 6.07) is 27.5. The monoisotopic (exact) mass is 398 g/mol. The average Bonchev–Trinajstić information content (AvgIpc) is 3.29. The van der Waals surface area contributed by atoms with Crippen molar-refractivity contribution < 1.29 is 14.1 Å². The zero-order valence-electron chi connectivity index (χ0n) is 16.2. The lowest BCUT2D eigenvalue weighted by atomic mass is 10.0. The highest BCUT2D eigenvalue weighted by molar-refractivity contribution is 5.67. The van der Waals surface area contributed by atoms with Crippen LogP contribution in [0.3, 0.4) is 0 Å². The van der Waals surface area contributed by atoms with Gasteiger partial charge in [-0.25, -0.2) is 0 Å². The third-order valence-electron chi connectivity index (χ3n) is 4.27. The summed E-state index contributed by atoms with van der Waals surface area (Å²) in [5, 5.41) is 12.8. The Kier molecular flexibility index (Phi) is 5.43. The largest absolute Gasteiger partial charge is 0.423 e. The molecule has 4 aromatic rings. The van der Waals surface area contributed by atoms with Crippen molar-refractivity contribution in [3.8, 4) is 11.5 Å². The van der Waals surface area contributed by atoms with Gasteiger partial charge in [-0.1, -0.05) is 71.9 Å². The minimum atomic E-state index is -1.69. The first-order valence-electron chi connectivity index (χ1n) is 9.30. The first-order valence-corrected chi connectivity index (χ1v) is 9.30. The molecule has 0 N–H and O–H groups in total. The number of carbonyl (C=O) groups is 1. The lowest BCUT2D eigenvalue weighted by Gasteiger charge is -2.25. The van der Waals surface area contributed by atoms with Crippen LogP contribution >= 0.6 is 0 Å². The van der Waals surface area contributed by atoms with E-state index in [9.17, 15) is 4.79 Å². The molecule has 0 aliphatic rings. The molecular formula is C23H18N4O3. The molecule has 7 heteroatoms. The summed E-state index contributed by atoms with van der Waals surface area (Å²) in [5.74, 6) is -0.202. The molecule has 0 bridgehead atoms. The highest BCUT2D eigenvalue weighted by atomic mass is 16.6. The van der Waals surface area contributed by atoms with Gasteiger partial charge < -0.3 is 9.26 Å². The fourth-order valence-electron chi connectivity index (χ4n) is 2.91. The van der Waals surface area contributed by atoms with Crippen molar-refractivity contribution in [2.45, 2.75) is 12.6 Å². The summed E-state index contributed by atoms with van der Waals surface area (Å²) < 4.78 is 11.2. The number of hydrogen-bond donors (Lipinski definition) is 0. The zero-order chi connectivity index (χ0) is 20.8. The van der Waals surface area contributed by atoms with E-state index in [1.165, 1.54) is 6.92 Å². The van der Waals surface area contributed by atoms with Gasteiger partial charge in [-0.2, -0.15) is 10.1 Å². The van der Waals surface area contributed by atoms with Crippen LogP contribution in [-0.2, 0) is 15.3 Å². The molecule has 1 aromatic heterocycles. The second-order valence-electron chi connectivity index (χ2n) is 6.43. The first kappa shape index (κ1) is 19.2. The SMILES string of the molecule is CC(=O)OC(N=Nc1ccccc1)(c1ccccc1)c1noc(-c2ccccc2)n1. The molecule has 1 unspecified atom stereocenters. The summed E-state index contributed by atoms with van der Waals surface area (Å²) in [7, 11) is 0. The summed E-state index contributed by atoms with van der Waals surface area (Å²) in [6.07, 6.45) is 0. The highest BCUT2D eigenvalue weighted by Crippen LogP contribution is 2.36. The van der Waals surface area contributed by atoms with Crippen molar-refractivity contribution in [2.75, 3.05) is 0 Å². The van der Waals surface area contributed by atoms with E-state index in [0.29, 0.717) is 11.3 Å². The highest BCUT2D eigenvalue weighted by Gasteiger charge is 2.43. The van der Waals surface area contributed by atoms with Gasteiger partial charge in [-0.05, 0) is 24.3 Å². The maximum atomic E-state index is 12.1. The molecule has 1 heterocycles. The molecule has 4 rings (SSSR count). The number of azo groups is 1. The van der Waals surface area contributed by atoms with E-state index >= 15 is 0 Å². The van der Waals surface area contributed by atoms with Gasteiger partial charge in [0, 0.05) is 18.1 Å². The number of rotatable bonds is 6. The van der Waals surface area contributed by atoms with Gasteiger partial charge in [-0.3, -0.25) is 4.79 Å². The third kappa shape index (κ3) is 4.00. The number of hydrogen-bond acceptors (Lipinski definition) is 7. The van der Waals surface area contributed by atoms with Gasteiger partial charge in [-0.15, -0.1) is 5.11 Å². The maximum Gasteiger partial charge on any atom is 0.311 e. The summed E-state index contributed by atoms with van der Waals surface area (Å²) in [4.78, 5) is 16.6. The van der Waals surface area contributed by atoms with E-state index in [4.69, 9.17) is 9.26 Å². The predicted octanol–water partition coefficient (Wildman–Crippen LogP) is 5.28. The van der Waals surface area contributed by atoms with Crippen LogP contribution in [0.4, 0.5) is 5.69 Å². The fraction of sp³-hybridized carbons (Fsp3) is 0.0870. The summed E-state index contributed by atoms with van der Waals surface area (Å²) in [6.45, 7) is 1.30. The Balaban J connectivity index is 1.87. The van der Waals surface area contributed by atoms with Crippen LogP contribution in [0, 0.1) is 0 Å². The molecule has 0 aliphatic heterocycles. The topological polar surface area (TPSA) is 89.9 Å². The lowest BCUT2D eigenvalue weighted by molar-refractivity contribution is -0.154. The molecule has 0 spiro atoms. The fourth-order valence-corrected chi connectivity index (χ4v) is 2.91. The number of ether oxygens (including phenoxy) is 1. The van der Waals surface area contributed by atoms with Gasteiger partial charge in [0.25, 0.3) is 5.89 Å². The van der Waals surface area contributed by atoms with E-state index in [-0.39, 0.29) is 11.7 Å². The van der Waals surface area contributed by atoms with Gasteiger partial charge in [0.05, 0.1) is 5.69 Å². The quantitative estimate of drug-likeness (QED) is 0.325. The van der Waals surface area contributed by atoms with Crippen molar-refractivity contribution in [1.82, 2.24) is 10.1 Å². The van der Waals surface area contributed by atoms with Crippen LogP contribution in [0.5, 0.6) is 0 Å². The van der Waals surface area contributed by atoms with Crippen molar-refractivity contribution in [2.24, 2.45) is 10.2 Å². The van der Waals surface area contributed by atoms with Gasteiger partial charge in [0.2, 0.25) is 5.82 Å². The normalized spacial score (nSPS) is 13.1. The number of esters is 1. The van der Waals surface area contributed by atoms with E-state index in [0.717, 1.165) is 5.56 Å². The number of benzene rings is 3. The van der Waals surface area contributed by atoms with Gasteiger partial charge in [0.1, 0.15) is 0 Å². The van der Waals surface area contributed by atoms with Crippen LogP contribution in [0.15, 0.2) is 106 Å². The number of nitrogens with zero attached hydrogens (tertiary/aromatic N) is 4. The minimum Gasteiger partial charge on any atom is -0.423 e. The van der Waals surface area contributed by atoms with Crippen LogP contribution in [0.25, 0.3) is 11.5 Å². The molecule has 0 saturated carbocycles. The maximum absolute atomic E-state index is 12.1. The van der Waals surface area contributed by atoms with E-state index in [1.807, 2.05) is 66.7 Å². The third-order valence-corrected chi connectivity index (χ3v) is 4.27. The number of aromatic nitrogens is 2. The molecule has 30 heavy (non-hydrogen) atoms. The van der Waals surface area contributed by atoms with Gasteiger partial charge >= 0.3 is 11.7 Å². The van der Waals surface area contributed by atoms with Gasteiger partial charge in [0.15, 0.2) is 0 Å². The van der Waals surface area contributed by atoms with Crippen LogP contribution in [-0.4, -0.2) is 16.1 Å². The Bertz CT molecular complexity index is 1140. The molecule has 0 aliphatic carbocycles. The molecule has 7 nitrogen and oxygen atoms in total. The van der Waals surface area contributed by atoms with Crippen molar-refractivity contribution in [3.63, 3.8) is 0 Å². The Morgan fingerprint density at radius 2 is 1.50 bits per heavy atom. The first-order chi connectivity index (χ1) is 14.7. The van der Waals surface area contributed by atoms with Crippen LogP contribution in [0.2, 0.25) is 0 Å². The standard InChI is InChI=1S/C23H18N4O3/c1-17(28)29-23(19-13-7-3-8-14-19,27-25-20-15-9-4-10-16-20)22-24-21(30-26-22)18-11-5-2-6-12-18/h2-16H,1H3. The Labute approximate surface area is 173 Å². The van der Waals surface area contributed by atoms with Crippen LogP contribution < -0.4 is 0 Å². The molecule has 0 fully saturated rings. The molecule has 1 atom stereocenters. The summed E-state index contributed by atoms with van der Waals surface area (Å²) in [5.41, 5.74) is 0.178. The van der Waals surface area contributed by atoms with Crippen LogP contribution in [0.1, 0.15) is 18.3 Å². The minimum absolute atomic E-state index is 0.0717. The molecular weight excluding hydrogens is 380 g/mol. The predicted molar refractivity (Wildman–Crippen MR) is 110 cm³/mol. The Morgan fingerprint density at radius 1 is 0.900 bits per heavy atom. The van der Waals surface area contributed by atoms with Crippen molar-refractivity contribution in [1.29, 1.82) is 0 Å². The molecule has 0 radical (unpaired) electrons. The van der Waals surface area contributed by atoms with E-state index < -0.39 is 11.7 Å². The van der Waals surface area contributed by atoms with Crippen molar-refractivity contribution >= 4 is 11.7 Å². The second-order valence-corrected chi connectivity index (χ2v) is 6.43. The lowest BCUT2D eigenvalue weighted by Crippen LogP contribution is -2.32. The zero-order valence-corrected chi connectivity index (χ0v) is 16.2. The van der Waals surface area contributed by atoms with E-state index in [1.54, 1.807) is 24.3 Å². The van der Waals surface area contributed by atoms with E-state index in [2.05, 4.69) is 20.4 Å². The Hall–Kier alpha value is -4.13. The summed E-state index contributed by atoms with van der Waals surface area (Å²) >= 11 is 0. The molecule has 3 aromatic carbocycles. The molecule has 0 amide bonds. The number of carbonyl (C=O) groups excluding carboxylic acids is 1.